The van der Waals surface area contributed by atoms with Crippen molar-refractivity contribution in [3.8, 4) is 0 Å². The molecule has 2 rings (SSSR count). The molecular weight excluding hydrogens is 287 g/mol. The lowest BCUT2D eigenvalue weighted by molar-refractivity contribution is 0.884. The predicted molar refractivity (Wildman–Crippen MR) is 71.9 cm³/mol. The first-order valence-electron chi connectivity index (χ1n) is 4.29. The van der Waals surface area contributed by atoms with Crippen molar-refractivity contribution in [1.29, 1.82) is 0 Å². The molecule has 0 amide bonds. The number of thiophene rings is 1. The summed E-state index contributed by atoms with van der Waals surface area (Å²) in [6.45, 7) is 0. The van der Waals surface area contributed by atoms with Gasteiger partial charge in [0, 0.05) is 10.4 Å². The largest absolute Gasteiger partial charge is 0.320 e. The van der Waals surface area contributed by atoms with Crippen LogP contribution in [0, 0.1) is 0 Å². The van der Waals surface area contributed by atoms with Crippen molar-refractivity contribution in [3.05, 3.63) is 50.4 Å². The zero-order valence-electron chi connectivity index (χ0n) is 8.06. The number of halogens is 3. The van der Waals surface area contributed by atoms with E-state index in [4.69, 9.17) is 28.9 Å². The molecule has 2 nitrogen and oxygen atoms in total. The molecule has 1 atom stereocenters. The second kappa shape index (κ2) is 5.84. The number of nitrogens with zero attached hydrogens (tertiary/aromatic N) is 1. The van der Waals surface area contributed by atoms with E-state index in [1.165, 1.54) is 0 Å². The first kappa shape index (κ1) is 13.7. The molecule has 2 heterocycles. The number of pyridine rings is 1. The average Bonchev–Trinajstić information content (AvgIpc) is 2.69. The normalized spacial score (nSPS) is 11.9. The third-order valence-electron chi connectivity index (χ3n) is 2.03. The highest BCUT2D eigenvalue weighted by Crippen LogP contribution is 2.28. The number of rotatable bonds is 2. The lowest BCUT2D eigenvalue weighted by Crippen LogP contribution is -2.11. The third-order valence-corrected chi connectivity index (χ3v) is 3.50. The SMILES string of the molecule is Cl.N[C@H](c1cccs1)c1ccc(Cl)nc1Cl. The van der Waals surface area contributed by atoms with Gasteiger partial charge < -0.3 is 5.73 Å². The second-order valence-electron chi connectivity index (χ2n) is 3.01. The quantitative estimate of drug-likeness (QED) is 0.853. The topological polar surface area (TPSA) is 38.9 Å². The summed E-state index contributed by atoms with van der Waals surface area (Å²) < 4.78 is 0. The molecule has 0 fully saturated rings. The molecule has 0 aliphatic heterocycles. The predicted octanol–water partition coefficient (Wildman–Crippen LogP) is 3.92. The summed E-state index contributed by atoms with van der Waals surface area (Å²) in [5.74, 6) is 0. The highest BCUT2D eigenvalue weighted by Gasteiger charge is 2.14. The molecule has 0 aromatic carbocycles. The van der Waals surface area contributed by atoms with Gasteiger partial charge in [0.1, 0.15) is 10.3 Å². The fourth-order valence-corrected chi connectivity index (χ4v) is 2.48. The van der Waals surface area contributed by atoms with Crippen LogP contribution in [0.4, 0.5) is 0 Å². The van der Waals surface area contributed by atoms with Crippen molar-refractivity contribution in [3.63, 3.8) is 0 Å². The van der Waals surface area contributed by atoms with E-state index in [2.05, 4.69) is 4.98 Å². The second-order valence-corrected chi connectivity index (χ2v) is 4.73. The Hall–Kier alpha value is -0.320. The van der Waals surface area contributed by atoms with Crippen LogP contribution in [-0.4, -0.2) is 4.98 Å². The molecule has 86 valence electrons. The molecule has 0 unspecified atom stereocenters. The van der Waals surface area contributed by atoms with Crippen LogP contribution in [0.2, 0.25) is 10.3 Å². The highest BCUT2D eigenvalue weighted by molar-refractivity contribution is 7.10. The van der Waals surface area contributed by atoms with Gasteiger partial charge in [0.05, 0.1) is 6.04 Å². The van der Waals surface area contributed by atoms with Crippen LogP contribution in [0.5, 0.6) is 0 Å². The van der Waals surface area contributed by atoms with Gasteiger partial charge in [0.2, 0.25) is 0 Å². The van der Waals surface area contributed by atoms with Gasteiger partial charge in [-0.1, -0.05) is 35.3 Å². The van der Waals surface area contributed by atoms with Crippen molar-refractivity contribution in [1.82, 2.24) is 4.98 Å². The Morgan fingerprint density at radius 1 is 1.25 bits per heavy atom. The lowest BCUT2D eigenvalue weighted by Gasteiger charge is -2.11. The Morgan fingerprint density at radius 2 is 2.00 bits per heavy atom. The monoisotopic (exact) mass is 294 g/mol. The Bertz CT molecular complexity index is 459. The minimum atomic E-state index is -0.234. The van der Waals surface area contributed by atoms with Gasteiger partial charge in [-0.15, -0.1) is 23.7 Å². The van der Waals surface area contributed by atoms with E-state index in [0.29, 0.717) is 10.3 Å². The Morgan fingerprint density at radius 3 is 2.56 bits per heavy atom. The van der Waals surface area contributed by atoms with Crippen LogP contribution in [-0.2, 0) is 0 Å². The van der Waals surface area contributed by atoms with Crippen LogP contribution in [0.3, 0.4) is 0 Å². The van der Waals surface area contributed by atoms with Gasteiger partial charge in [-0.05, 0) is 17.5 Å². The Labute approximate surface area is 114 Å². The summed E-state index contributed by atoms with van der Waals surface area (Å²) in [6.07, 6.45) is 0. The van der Waals surface area contributed by atoms with Crippen molar-refractivity contribution in [2.24, 2.45) is 5.73 Å². The van der Waals surface area contributed by atoms with E-state index in [-0.39, 0.29) is 18.4 Å². The molecule has 0 aliphatic carbocycles. The molecule has 2 aromatic rings. The van der Waals surface area contributed by atoms with Crippen LogP contribution in [0.1, 0.15) is 16.5 Å². The lowest BCUT2D eigenvalue weighted by atomic mass is 10.1. The molecule has 0 spiro atoms. The highest BCUT2D eigenvalue weighted by atomic mass is 35.5. The van der Waals surface area contributed by atoms with Crippen LogP contribution in [0.25, 0.3) is 0 Å². The molecule has 16 heavy (non-hydrogen) atoms. The first-order chi connectivity index (χ1) is 7.18. The maximum absolute atomic E-state index is 6.05. The zero-order chi connectivity index (χ0) is 10.8. The number of hydrogen-bond acceptors (Lipinski definition) is 3. The number of aromatic nitrogens is 1. The molecule has 0 bridgehead atoms. The average molecular weight is 296 g/mol. The van der Waals surface area contributed by atoms with Gasteiger partial charge in [0.25, 0.3) is 0 Å². The molecule has 0 radical (unpaired) electrons. The number of hydrogen-bond donors (Lipinski definition) is 1. The molecule has 0 saturated heterocycles. The van der Waals surface area contributed by atoms with Crippen molar-refractivity contribution >= 4 is 46.9 Å². The van der Waals surface area contributed by atoms with Crippen molar-refractivity contribution in [2.75, 3.05) is 0 Å². The van der Waals surface area contributed by atoms with E-state index in [1.54, 1.807) is 17.4 Å². The standard InChI is InChI=1S/C10H8Cl2N2S.ClH/c11-8-4-3-6(10(12)14-8)9(13)7-2-1-5-15-7;/h1-5,9H,13H2;1H/t9-;/m0./s1. The van der Waals surface area contributed by atoms with Gasteiger partial charge in [-0.3, -0.25) is 0 Å². The van der Waals surface area contributed by atoms with E-state index in [1.807, 2.05) is 23.6 Å². The fourth-order valence-electron chi connectivity index (χ4n) is 1.28. The molecule has 6 heteroatoms. The van der Waals surface area contributed by atoms with Crippen molar-refractivity contribution < 1.29 is 0 Å². The maximum Gasteiger partial charge on any atom is 0.135 e. The molecule has 0 saturated carbocycles. The van der Waals surface area contributed by atoms with Crippen LogP contribution in [0.15, 0.2) is 29.6 Å². The number of nitrogens with two attached hydrogens (primary N) is 1. The zero-order valence-corrected chi connectivity index (χ0v) is 11.2. The van der Waals surface area contributed by atoms with Gasteiger partial charge in [-0.2, -0.15) is 0 Å². The van der Waals surface area contributed by atoms with E-state index >= 15 is 0 Å². The van der Waals surface area contributed by atoms with E-state index in [0.717, 1.165) is 10.4 Å². The summed E-state index contributed by atoms with van der Waals surface area (Å²) >= 11 is 13.3. The minimum absolute atomic E-state index is 0. The van der Waals surface area contributed by atoms with Gasteiger partial charge in [0.15, 0.2) is 0 Å². The Balaban J connectivity index is 0.00000128. The van der Waals surface area contributed by atoms with Gasteiger partial charge >= 0.3 is 0 Å². The summed E-state index contributed by atoms with van der Waals surface area (Å²) in [6, 6.07) is 7.19. The Kier molecular flexibility index (Phi) is 5.02. The maximum atomic E-state index is 6.05. The smallest absolute Gasteiger partial charge is 0.135 e. The molecule has 2 aromatic heterocycles. The molecule has 2 N–H and O–H groups in total. The minimum Gasteiger partial charge on any atom is -0.320 e. The fraction of sp³-hybridized carbons (Fsp3) is 0.100. The van der Waals surface area contributed by atoms with Crippen LogP contribution >= 0.6 is 46.9 Å². The van der Waals surface area contributed by atoms with Crippen LogP contribution < -0.4 is 5.73 Å². The first-order valence-corrected chi connectivity index (χ1v) is 5.93. The molecular formula is C10H9Cl3N2S. The summed E-state index contributed by atoms with van der Waals surface area (Å²) in [5.41, 5.74) is 6.85. The third kappa shape index (κ3) is 2.87. The van der Waals surface area contributed by atoms with E-state index in [9.17, 15) is 0 Å². The molecule has 0 aliphatic rings. The van der Waals surface area contributed by atoms with E-state index < -0.39 is 0 Å². The van der Waals surface area contributed by atoms with Crippen molar-refractivity contribution in [2.45, 2.75) is 6.04 Å². The van der Waals surface area contributed by atoms with Gasteiger partial charge in [-0.25, -0.2) is 4.98 Å². The summed E-state index contributed by atoms with van der Waals surface area (Å²) in [7, 11) is 0. The summed E-state index contributed by atoms with van der Waals surface area (Å²) in [4.78, 5) is 5.02. The summed E-state index contributed by atoms with van der Waals surface area (Å²) in [5, 5.41) is 2.72.